The summed E-state index contributed by atoms with van der Waals surface area (Å²) in [6, 6.07) is 11.7. The first-order valence-electron chi connectivity index (χ1n) is 7.89. The molecule has 2 fully saturated rings. The highest BCUT2D eigenvalue weighted by atomic mass is 32.1. The van der Waals surface area contributed by atoms with E-state index in [1.807, 2.05) is 0 Å². The second-order valence-corrected chi connectivity index (χ2v) is 6.57. The van der Waals surface area contributed by atoms with Gasteiger partial charge in [-0.3, -0.25) is 4.90 Å². The molecule has 3 rings (SSSR count). The van der Waals surface area contributed by atoms with Gasteiger partial charge in [0, 0.05) is 38.1 Å². The maximum absolute atomic E-state index is 5.72. The van der Waals surface area contributed by atoms with Gasteiger partial charge in [-0.15, -0.1) is 0 Å². The molecule has 1 aromatic carbocycles. The molecule has 2 aliphatic heterocycles. The van der Waals surface area contributed by atoms with Gasteiger partial charge in [-0.1, -0.05) is 42.5 Å². The van der Waals surface area contributed by atoms with Gasteiger partial charge in [-0.25, -0.2) is 0 Å². The molecule has 0 unspecified atom stereocenters. The van der Waals surface area contributed by atoms with Crippen LogP contribution < -0.4 is 0 Å². The van der Waals surface area contributed by atoms with Gasteiger partial charge in [0.15, 0.2) is 0 Å². The molecule has 114 valence electrons. The molecular weight excluding hydrogens is 280 g/mol. The Kier molecular flexibility index (Phi) is 4.88. The lowest BCUT2D eigenvalue weighted by molar-refractivity contribution is 0.00778. The van der Waals surface area contributed by atoms with Gasteiger partial charge < -0.3 is 9.64 Å². The van der Waals surface area contributed by atoms with Crippen molar-refractivity contribution < 1.29 is 4.74 Å². The summed E-state index contributed by atoms with van der Waals surface area (Å²) in [7, 11) is 0. The number of rotatable bonds is 3. The van der Waals surface area contributed by atoms with Gasteiger partial charge >= 0.3 is 0 Å². The molecule has 0 bridgehead atoms. The van der Waals surface area contributed by atoms with Gasteiger partial charge in [0.2, 0.25) is 0 Å². The zero-order chi connectivity index (χ0) is 14.7. The molecule has 2 saturated heterocycles. The van der Waals surface area contributed by atoms with Crippen LogP contribution in [0.5, 0.6) is 0 Å². The average molecular weight is 304 g/mol. The lowest BCUT2D eigenvalue weighted by Gasteiger charge is -2.44. The normalized spacial score (nSPS) is 27.9. The summed E-state index contributed by atoms with van der Waals surface area (Å²) in [6.07, 6.45) is 2.22. The van der Waals surface area contributed by atoms with Crippen LogP contribution in [0.25, 0.3) is 0 Å². The van der Waals surface area contributed by atoms with Crippen LogP contribution in [-0.2, 0) is 11.3 Å². The minimum atomic E-state index is 0.513. The van der Waals surface area contributed by atoms with Crippen LogP contribution in [0.2, 0.25) is 0 Å². The summed E-state index contributed by atoms with van der Waals surface area (Å²) in [5.74, 6) is 0. The van der Waals surface area contributed by atoms with Crippen molar-refractivity contribution in [3.63, 3.8) is 0 Å². The van der Waals surface area contributed by atoms with E-state index in [2.05, 4.69) is 47.1 Å². The molecule has 0 saturated carbocycles. The Morgan fingerprint density at radius 2 is 1.90 bits per heavy atom. The first kappa shape index (κ1) is 14.9. The molecule has 0 aromatic heterocycles. The third-order valence-electron chi connectivity index (χ3n) is 4.63. The zero-order valence-corrected chi connectivity index (χ0v) is 13.5. The van der Waals surface area contributed by atoms with Crippen LogP contribution in [0.15, 0.2) is 30.3 Å². The number of thiocarbonyl (C=S) groups is 1. The summed E-state index contributed by atoms with van der Waals surface area (Å²) >= 11 is 5.72. The van der Waals surface area contributed by atoms with E-state index in [4.69, 9.17) is 17.0 Å². The third-order valence-corrected chi connectivity index (χ3v) is 5.03. The number of morpholine rings is 1. The summed E-state index contributed by atoms with van der Waals surface area (Å²) in [5.41, 5.74) is 1.34. The second kappa shape index (κ2) is 6.86. The standard InChI is InChI=1S/C17H24N2OS/c1-14-11-16(18-7-9-20-10-8-18)12-17(21)19(14)13-15-5-3-2-4-6-15/h2-6,14,16H,7-13H2,1H3/t14-,16-/m0/s1. The molecule has 0 N–H and O–H groups in total. The first-order valence-corrected chi connectivity index (χ1v) is 8.30. The van der Waals surface area contributed by atoms with Crippen LogP contribution in [0.3, 0.4) is 0 Å². The second-order valence-electron chi connectivity index (χ2n) is 6.10. The molecule has 3 nitrogen and oxygen atoms in total. The summed E-state index contributed by atoms with van der Waals surface area (Å²) in [6.45, 7) is 7.09. The number of benzene rings is 1. The van der Waals surface area contributed by atoms with E-state index in [0.717, 1.165) is 44.3 Å². The number of nitrogens with zero attached hydrogens (tertiary/aromatic N) is 2. The SMILES string of the molecule is C[C@H]1C[C@H](N2CCOCC2)CC(=S)N1Cc1ccccc1. The van der Waals surface area contributed by atoms with Crippen molar-refractivity contribution >= 4 is 17.2 Å². The highest BCUT2D eigenvalue weighted by Gasteiger charge is 2.32. The highest BCUT2D eigenvalue weighted by Crippen LogP contribution is 2.26. The molecule has 0 amide bonds. The van der Waals surface area contributed by atoms with E-state index in [1.165, 1.54) is 12.0 Å². The smallest absolute Gasteiger partial charge is 0.0800 e. The largest absolute Gasteiger partial charge is 0.379 e. The van der Waals surface area contributed by atoms with Gasteiger partial charge in [0.05, 0.1) is 18.2 Å². The van der Waals surface area contributed by atoms with E-state index >= 15 is 0 Å². The molecule has 0 spiro atoms. The lowest BCUT2D eigenvalue weighted by atomic mass is 9.95. The van der Waals surface area contributed by atoms with Crippen LogP contribution in [0.1, 0.15) is 25.3 Å². The molecule has 2 heterocycles. The zero-order valence-electron chi connectivity index (χ0n) is 12.7. The van der Waals surface area contributed by atoms with E-state index in [0.29, 0.717) is 12.1 Å². The number of hydrogen-bond acceptors (Lipinski definition) is 3. The fourth-order valence-corrected chi connectivity index (χ4v) is 3.85. The van der Waals surface area contributed by atoms with E-state index in [-0.39, 0.29) is 0 Å². The Morgan fingerprint density at radius 3 is 2.57 bits per heavy atom. The number of hydrogen-bond donors (Lipinski definition) is 0. The number of piperidine rings is 1. The topological polar surface area (TPSA) is 15.7 Å². The molecule has 4 heteroatoms. The van der Waals surface area contributed by atoms with Crippen molar-refractivity contribution in [2.45, 2.75) is 38.4 Å². The maximum atomic E-state index is 5.72. The van der Waals surface area contributed by atoms with Crippen LogP contribution in [-0.4, -0.2) is 53.2 Å². The molecule has 2 atom stereocenters. The summed E-state index contributed by atoms with van der Waals surface area (Å²) in [5, 5.41) is 0. The Labute approximate surface area is 132 Å². The van der Waals surface area contributed by atoms with Crippen molar-refractivity contribution in [2.75, 3.05) is 26.3 Å². The van der Waals surface area contributed by atoms with Crippen molar-refractivity contribution in [2.24, 2.45) is 0 Å². The lowest BCUT2D eigenvalue weighted by Crippen LogP contribution is -2.53. The molecule has 1 aromatic rings. The van der Waals surface area contributed by atoms with E-state index in [1.54, 1.807) is 0 Å². The van der Waals surface area contributed by atoms with Gasteiger partial charge in [-0.05, 0) is 18.9 Å². The molecule has 0 aliphatic carbocycles. The summed E-state index contributed by atoms with van der Waals surface area (Å²) in [4.78, 5) is 6.09. The Morgan fingerprint density at radius 1 is 1.19 bits per heavy atom. The van der Waals surface area contributed by atoms with Gasteiger partial charge in [-0.2, -0.15) is 0 Å². The van der Waals surface area contributed by atoms with Crippen molar-refractivity contribution in [3.05, 3.63) is 35.9 Å². The predicted octanol–water partition coefficient (Wildman–Crippen LogP) is 2.70. The fraction of sp³-hybridized carbons (Fsp3) is 0.588. The van der Waals surface area contributed by atoms with Gasteiger partial charge in [0.1, 0.15) is 0 Å². The van der Waals surface area contributed by atoms with Crippen molar-refractivity contribution in [1.82, 2.24) is 9.80 Å². The van der Waals surface area contributed by atoms with Crippen molar-refractivity contribution in [3.8, 4) is 0 Å². The van der Waals surface area contributed by atoms with Crippen LogP contribution >= 0.6 is 12.2 Å². The van der Waals surface area contributed by atoms with Crippen LogP contribution in [0.4, 0.5) is 0 Å². The van der Waals surface area contributed by atoms with Crippen LogP contribution in [0, 0.1) is 0 Å². The molecule has 21 heavy (non-hydrogen) atoms. The Hall–Kier alpha value is -0.970. The molecule has 0 radical (unpaired) electrons. The average Bonchev–Trinajstić information content (AvgIpc) is 2.52. The molecular formula is C17H24N2OS. The minimum Gasteiger partial charge on any atom is -0.379 e. The minimum absolute atomic E-state index is 0.513. The highest BCUT2D eigenvalue weighted by molar-refractivity contribution is 7.80. The maximum Gasteiger partial charge on any atom is 0.0800 e. The monoisotopic (exact) mass is 304 g/mol. The predicted molar refractivity (Wildman–Crippen MR) is 89.5 cm³/mol. The summed E-state index contributed by atoms with van der Waals surface area (Å²) < 4.78 is 5.46. The van der Waals surface area contributed by atoms with E-state index < -0.39 is 0 Å². The Bertz CT molecular complexity index is 473. The first-order chi connectivity index (χ1) is 10.2. The van der Waals surface area contributed by atoms with Gasteiger partial charge in [0.25, 0.3) is 0 Å². The quantitative estimate of drug-likeness (QED) is 0.798. The number of ether oxygens (including phenoxy) is 1. The molecule has 2 aliphatic rings. The van der Waals surface area contributed by atoms with Crippen molar-refractivity contribution in [1.29, 1.82) is 0 Å². The third kappa shape index (κ3) is 3.62. The van der Waals surface area contributed by atoms with E-state index in [9.17, 15) is 0 Å². The Balaban J connectivity index is 1.63. The fourth-order valence-electron chi connectivity index (χ4n) is 3.41. The number of likely N-dealkylation sites (tertiary alicyclic amines) is 1.